The number of pyridine rings is 1. The molecule has 1 saturated heterocycles. The average molecular weight is 389 g/mol. The van der Waals surface area contributed by atoms with E-state index in [9.17, 15) is 4.79 Å². The first-order valence-electron chi connectivity index (χ1n) is 9.97. The lowest BCUT2D eigenvalue weighted by molar-refractivity contribution is 0.0342. The SMILES string of the molecule is O=C(/C=C1\Nc2c(CN3CCOCC3)cccc2C2=NCCN21)c1cccnc1. The van der Waals surface area contributed by atoms with E-state index in [1.165, 1.54) is 5.56 Å². The number of hydrogen-bond donors (Lipinski definition) is 1. The molecule has 29 heavy (non-hydrogen) atoms. The Hall–Kier alpha value is -3.03. The van der Waals surface area contributed by atoms with Gasteiger partial charge in [0.25, 0.3) is 0 Å². The Bertz CT molecular complexity index is 980. The van der Waals surface area contributed by atoms with Crippen LogP contribution in [0.3, 0.4) is 0 Å². The molecule has 7 heteroatoms. The van der Waals surface area contributed by atoms with E-state index in [1.807, 2.05) is 0 Å². The third-order valence-corrected chi connectivity index (χ3v) is 5.49. The number of amidine groups is 1. The zero-order valence-electron chi connectivity index (χ0n) is 16.2. The second-order valence-corrected chi connectivity index (χ2v) is 7.35. The molecule has 1 aromatic carbocycles. The minimum absolute atomic E-state index is 0.0686. The van der Waals surface area contributed by atoms with Gasteiger partial charge in [-0.3, -0.25) is 19.7 Å². The summed E-state index contributed by atoms with van der Waals surface area (Å²) in [5.41, 5.74) is 3.92. The van der Waals surface area contributed by atoms with E-state index in [2.05, 4.69) is 38.3 Å². The summed E-state index contributed by atoms with van der Waals surface area (Å²) in [5, 5.41) is 3.53. The van der Waals surface area contributed by atoms with Crippen LogP contribution in [0, 0.1) is 0 Å². The number of anilines is 1. The molecule has 0 aliphatic carbocycles. The molecule has 0 atom stereocenters. The molecule has 7 nitrogen and oxygen atoms in total. The number of allylic oxidation sites excluding steroid dienone is 1. The monoisotopic (exact) mass is 389 g/mol. The molecular formula is C22H23N5O2. The zero-order chi connectivity index (χ0) is 19.6. The van der Waals surface area contributed by atoms with Crippen molar-refractivity contribution in [1.29, 1.82) is 0 Å². The van der Waals surface area contributed by atoms with Crippen LogP contribution in [0.25, 0.3) is 0 Å². The van der Waals surface area contributed by atoms with Gasteiger partial charge in [0, 0.05) is 55.8 Å². The molecule has 0 saturated carbocycles. The lowest BCUT2D eigenvalue weighted by Crippen LogP contribution is -2.38. The number of rotatable bonds is 4. The molecule has 5 rings (SSSR count). The zero-order valence-corrected chi connectivity index (χ0v) is 16.2. The topological polar surface area (TPSA) is 70.1 Å². The largest absolute Gasteiger partial charge is 0.379 e. The molecule has 4 heterocycles. The van der Waals surface area contributed by atoms with Gasteiger partial charge in [-0.05, 0) is 23.8 Å². The van der Waals surface area contributed by atoms with Crippen LogP contribution in [-0.4, -0.2) is 65.8 Å². The summed E-state index contributed by atoms with van der Waals surface area (Å²) in [6, 6.07) is 9.89. The van der Waals surface area contributed by atoms with Gasteiger partial charge in [-0.2, -0.15) is 0 Å². The summed E-state index contributed by atoms with van der Waals surface area (Å²) >= 11 is 0. The van der Waals surface area contributed by atoms with Crippen LogP contribution in [0.1, 0.15) is 21.5 Å². The van der Waals surface area contributed by atoms with Crippen LogP contribution < -0.4 is 5.32 Å². The van der Waals surface area contributed by atoms with Crippen molar-refractivity contribution < 1.29 is 9.53 Å². The quantitative estimate of drug-likeness (QED) is 0.638. The standard InChI is InChI=1S/C22H23N5O2/c28-19(16-4-2-6-23-14-16)13-20-25-21-17(15-26-9-11-29-12-10-26)3-1-5-18(21)22-24-7-8-27(20)22/h1-6,13-14,25H,7-12,15H2/b20-13+. The van der Waals surface area contributed by atoms with Gasteiger partial charge in [-0.25, -0.2) is 0 Å². The van der Waals surface area contributed by atoms with Crippen LogP contribution in [0.4, 0.5) is 5.69 Å². The smallest absolute Gasteiger partial charge is 0.191 e. The maximum Gasteiger partial charge on any atom is 0.191 e. The van der Waals surface area contributed by atoms with Crippen LogP contribution in [0.5, 0.6) is 0 Å². The van der Waals surface area contributed by atoms with E-state index in [0.29, 0.717) is 5.56 Å². The fraction of sp³-hybridized carbons (Fsp3) is 0.318. The maximum atomic E-state index is 12.8. The summed E-state index contributed by atoms with van der Waals surface area (Å²) in [5.74, 6) is 1.64. The number of hydrogen-bond acceptors (Lipinski definition) is 7. The van der Waals surface area contributed by atoms with Gasteiger partial charge in [0.05, 0.1) is 25.4 Å². The van der Waals surface area contributed by atoms with Gasteiger partial charge in [0.2, 0.25) is 0 Å². The van der Waals surface area contributed by atoms with E-state index in [1.54, 1.807) is 30.6 Å². The number of ether oxygens (including phenoxy) is 1. The lowest BCUT2D eigenvalue weighted by atomic mass is 10.0. The van der Waals surface area contributed by atoms with Gasteiger partial charge < -0.3 is 15.0 Å². The third-order valence-electron chi connectivity index (χ3n) is 5.49. The van der Waals surface area contributed by atoms with Gasteiger partial charge >= 0.3 is 0 Å². The van der Waals surface area contributed by atoms with Crippen molar-refractivity contribution >= 4 is 17.3 Å². The predicted octanol–water partition coefficient (Wildman–Crippen LogP) is 2.13. The molecule has 1 aromatic heterocycles. The molecule has 0 unspecified atom stereocenters. The Morgan fingerprint density at radius 2 is 2.07 bits per heavy atom. The van der Waals surface area contributed by atoms with Crippen LogP contribution >= 0.6 is 0 Å². The van der Waals surface area contributed by atoms with E-state index < -0.39 is 0 Å². The van der Waals surface area contributed by atoms with E-state index >= 15 is 0 Å². The van der Waals surface area contributed by atoms with Crippen molar-refractivity contribution in [3.63, 3.8) is 0 Å². The molecule has 1 fully saturated rings. The number of carbonyl (C=O) groups excluding carboxylic acids is 1. The van der Waals surface area contributed by atoms with Crippen molar-refractivity contribution in [2.45, 2.75) is 6.54 Å². The first-order valence-corrected chi connectivity index (χ1v) is 9.97. The molecule has 0 amide bonds. The summed E-state index contributed by atoms with van der Waals surface area (Å²) in [6.45, 7) is 5.74. The molecule has 148 valence electrons. The lowest BCUT2D eigenvalue weighted by Gasteiger charge is -2.34. The summed E-state index contributed by atoms with van der Waals surface area (Å²) < 4.78 is 5.47. The van der Waals surface area contributed by atoms with Gasteiger partial charge in [0.1, 0.15) is 11.7 Å². The molecule has 3 aliphatic rings. The fourth-order valence-electron chi connectivity index (χ4n) is 4.00. The Balaban J connectivity index is 1.49. The first-order chi connectivity index (χ1) is 14.3. The maximum absolute atomic E-state index is 12.8. The second kappa shape index (κ2) is 7.77. The van der Waals surface area contributed by atoms with E-state index in [0.717, 1.165) is 68.8 Å². The number of nitrogens with zero attached hydrogens (tertiary/aromatic N) is 4. The first kappa shape index (κ1) is 18.0. The molecule has 3 aliphatic heterocycles. The predicted molar refractivity (Wildman–Crippen MR) is 111 cm³/mol. The number of morpholine rings is 1. The van der Waals surface area contributed by atoms with Crippen molar-refractivity contribution in [2.24, 2.45) is 4.99 Å². The fourth-order valence-corrected chi connectivity index (χ4v) is 4.00. The number of fused-ring (bicyclic) bond motifs is 3. The average Bonchev–Trinajstić information content (AvgIpc) is 3.26. The van der Waals surface area contributed by atoms with Crippen LogP contribution in [0.15, 0.2) is 59.6 Å². The Kier molecular flexibility index (Phi) is 4.83. The van der Waals surface area contributed by atoms with Gasteiger partial charge in [0.15, 0.2) is 5.78 Å². The number of carbonyl (C=O) groups is 1. The third kappa shape index (κ3) is 3.54. The normalized spacial score (nSPS) is 20.1. The molecule has 1 N–H and O–H groups in total. The number of para-hydroxylation sites is 1. The molecule has 0 radical (unpaired) electrons. The highest BCUT2D eigenvalue weighted by Gasteiger charge is 2.31. The number of ketones is 1. The number of nitrogens with one attached hydrogen (secondary N) is 1. The van der Waals surface area contributed by atoms with Crippen molar-refractivity contribution in [3.8, 4) is 0 Å². The number of aromatic nitrogens is 1. The Labute approximate surface area is 169 Å². The summed E-state index contributed by atoms with van der Waals surface area (Å²) in [7, 11) is 0. The molecule has 0 spiro atoms. The van der Waals surface area contributed by atoms with Gasteiger partial charge in [-0.1, -0.05) is 12.1 Å². The minimum atomic E-state index is -0.0686. The highest BCUT2D eigenvalue weighted by Crippen LogP contribution is 2.33. The highest BCUT2D eigenvalue weighted by molar-refractivity contribution is 6.10. The van der Waals surface area contributed by atoms with Crippen LogP contribution in [0.2, 0.25) is 0 Å². The molecule has 2 aromatic rings. The van der Waals surface area contributed by atoms with Crippen molar-refractivity contribution in [3.05, 3.63) is 71.3 Å². The molecule has 0 bridgehead atoms. The number of benzene rings is 1. The molecular weight excluding hydrogens is 366 g/mol. The van der Waals surface area contributed by atoms with Crippen molar-refractivity contribution in [2.75, 3.05) is 44.7 Å². The van der Waals surface area contributed by atoms with Gasteiger partial charge in [-0.15, -0.1) is 0 Å². The summed E-state index contributed by atoms with van der Waals surface area (Å²) in [4.78, 5) is 26.0. The summed E-state index contributed by atoms with van der Waals surface area (Å²) in [6.07, 6.45) is 4.92. The second-order valence-electron chi connectivity index (χ2n) is 7.35. The van der Waals surface area contributed by atoms with Crippen LogP contribution in [-0.2, 0) is 11.3 Å². The minimum Gasteiger partial charge on any atom is -0.379 e. The van der Waals surface area contributed by atoms with E-state index in [4.69, 9.17) is 9.73 Å². The van der Waals surface area contributed by atoms with E-state index in [-0.39, 0.29) is 5.78 Å². The Morgan fingerprint density at radius 1 is 1.17 bits per heavy atom. The highest BCUT2D eigenvalue weighted by atomic mass is 16.5. The Morgan fingerprint density at radius 3 is 2.90 bits per heavy atom. The number of aliphatic imine (C=N–C) groups is 1. The van der Waals surface area contributed by atoms with Crippen molar-refractivity contribution in [1.82, 2.24) is 14.8 Å².